The fraction of sp³-hybridized carbons (Fsp3) is 0.250. The van der Waals surface area contributed by atoms with Gasteiger partial charge in [-0.15, -0.1) is 0 Å². The predicted octanol–water partition coefficient (Wildman–Crippen LogP) is 3.32. The lowest BCUT2D eigenvalue weighted by molar-refractivity contribution is 0.324. The standard InChI is InChI=1S/C16H19NO3/c1-18-14-9-13(10-15(19-2)16(14)20-3)17-11-12-7-5-4-6-8-12/h4-10,17H,11H2,1-3H3. The Hall–Kier alpha value is -2.36. The topological polar surface area (TPSA) is 39.7 Å². The molecule has 0 aliphatic carbocycles. The molecule has 0 unspecified atom stereocenters. The summed E-state index contributed by atoms with van der Waals surface area (Å²) in [5.41, 5.74) is 2.13. The van der Waals surface area contributed by atoms with Crippen molar-refractivity contribution < 1.29 is 14.2 Å². The summed E-state index contributed by atoms with van der Waals surface area (Å²) in [6.07, 6.45) is 0. The van der Waals surface area contributed by atoms with Crippen LogP contribution in [0, 0.1) is 0 Å². The van der Waals surface area contributed by atoms with E-state index in [-0.39, 0.29) is 0 Å². The number of benzene rings is 2. The molecular weight excluding hydrogens is 254 g/mol. The Balaban J connectivity index is 2.19. The summed E-state index contributed by atoms with van der Waals surface area (Å²) in [5, 5.41) is 3.35. The Kier molecular flexibility index (Phi) is 4.71. The summed E-state index contributed by atoms with van der Waals surface area (Å²) in [4.78, 5) is 0. The Bertz CT molecular complexity index is 530. The van der Waals surface area contributed by atoms with Crippen molar-refractivity contribution in [3.63, 3.8) is 0 Å². The van der Waals surface area contributed by atoms with E-state index < -0.39 is 0 Å². The van der Waals surface area contributed by atoms with Crippen molar-refractivity contribution in [1.82, 2.24) is 0 Å². The quantitative estimate of drug-likeness (QED) is 0.876. The molecule has 0 heterocycles. The second-order valence-corrected chi connectivity index (χ2v) is 4.25. The summed E-state index contributed by atoms with van der Waals surface area (Å²) in [6, 6.07) is 14.0. The number of methoxy groups -OCH3 is 3. The van der Waals surface area contributed by atoms with E-state index >= 15 is 0 Å². The summed E-state index contributed by atoms with van der Waals surface area (Å²) >= 11 is 0. The molecule has 0 fully saturated rings. The normalized spacial score (nSPS) is 9.95. The van der Waals surface area contributed by atoms with Crippen molar-refractivity contribution in [2.45, 2.75) is 6.54 Å². The van der Waals surface area contributed by atoms with Gasteiger partial charge in [-0.05, 0) is 5.56 Å². The maximum absolute atomic E-state index is 5.33. The fourth-order valence-corrected chi connectivity index (χ4v) is 1.98. The third-order valence-electron chi connectivity index (χ3n) is 3.00. The first-order chi connectivity index (χ1) is 9.78. The van der Waals surface area contributed by atoms with Gasteiger partial charge in [0.2, 0.25) is 5.75 Å². The molecule has 0 saturated heterocycles. The highest BCUT2D eigenvalue weighted by molar-refractivity contribution is 5.62. The van der Waals surface area contributed by atoms with Gasteiger partial charge >= 0.3 is 0 Å². The Morgan fingerprint density at radius 2 is 1.45 bits per heavy atom. The van der Waals surface area contributed by atoms with Gasteiger partial charge < -0.3 is 19.5 Å². The minimum Gasteiger partial charge on any atom is -0.493 e. The van der Waals surface area contributed by atoms with Crippen LogP contribution >= 0.6 is 0 Å². The lowest BCUT2D eigenvalue weighted by Crippen LogP contribution is -2.01. The Morgan fingerprint density at radius 1 is 0.850 bits per heavy atom. The molecule has 2 rings (SSSR count). The van der Waals surface area contributed by atoms with Gasteiger partial charge in [0.1, 0.15) is 0 Å². The predicted molar refractivity (Wildman–Crippen MR) is 79.9 cm³/mol. The SMILES string of the molecule is COc1cc(NCc2ccccc2)cc(OC)c1OC. The number of rotatable bonds is 6. The fourth-order valence-electron chi connectivity index (χ4n) is 1.98. The molecule has 4 nitrogen and oxygen atoms in total. The highest BCUT2D eigenvalue weighted by Gasteiger charge is 2.12. The number of hydrogen-bond acceptors (Lipinski definition) is 4. The molecule has 4 heteroatoms. The van der Waals surface area contributed by atoms with Crippen molar-refractivity contribution in [2.24, 2.45) is 0 Å². The highest BCUT2D eigenvalue weighted by atomic mass is 16.5. The smallest absolute Gasteiger partial charge is 0.203 e. The van der Waals surface area contributed by atoms with Crippen molar-refractivity contribution in [2.75, 3.05) is 26.6 Å². The van der Waals surface area contributed by atoms with Crippen LogP contribution in [0.5, 0.6) is 17.2 Å². The average molecular weight is 273 g/mol. The first-order valence-electron chi connectivity index (χ1n) is 6.36. The van der Waals surface area contributed by atoms with E-state index in [4.69, 9.17) is 14.2 Å². The van der Waals surface area contributed by atoms with Gasteiger partial charge in [0, 0.05) is 24.4 Å². The van der Waals surface area contributed by atoms with Crippen molar-refractivity contribution in [1.29, 1.82) is 0 Å². The number of anilines is 1. The van der Waals surface area contributed by atoms with E-state index in [1.165, 1.54) is 5.56 Å². The van der Waals surface area contributed by atoms with Crippen LogP contribution in [0.25, 0.3) is 0 Å². The summed E-state index contributed by atoms with van der Waals surface area (Å²) in [6.45, 7) is 0.736. The first-order valence-corrected chi connectivity index (χ1v) is 6.36. The molecule has 0 bridgehead atoms. The van der Waals surface area contributed by atoms with Crippen LogP contribution in [0.15, 0.2) is 42.5 Å². The highest BCUT2D eigenvalue weighted by Crippen LogP contribution is 2.39. The third kappa shape index (κ3) is 3.15. The van der Waals surface area contributed by atoms with Gasteiger partial charge in [-0.25, -0.2) is 0 Å². The molecule has 0 spiro atoms. The Morgan fingerprint density at radius 3 is 1.95 bits per heavy atom. The van der Waals surface area contributed by atoms with E-state index in [2.05, 4.69) is 17.4 Å². The molecule has 0 amide bonds. The van der Waals surface area contributed by atoms with Gasteiger partial charge in [-0.3, -0.25) is 0 Å². The molecule has 106 valence electrons. The Labute approximate surface area is 119 Å². The molecule has 0 aromatic heterocycles. The van der Waals surface area contributed by atoms with Crippen LogP contribution in [0.4, 0.5) is 5.69 Å². The van der Waals surface area contributed by atoms with Gasteiger partial charge in [-0.1, -0.05) is 30.3 Å². The minimum absolute atomic E-state index is 0.597. The first kappa shape index (κ1) is 14.1. The zero-order valence-corrected chi connectivity index (χ0v) is 12.0. The molecule has 2 aromatic rings. The number of hydrogen-bond donors (Lipinski definition) is 1. The van der Waals surface area contributed by atoms with Crippen molar-refractivity contribution >= 4 is 5.69 Å². The lowest BCUT2D eigenvalue weighted by Gasteiger charge is -2.15. The number of ether oxygens (including phenoxy) is 3. The largest absolute Gasteiger partial charge is 0.493 e. The zero-order valence-electron chi connectivity index (χ0n) is 12.0. The molecule has 0 saturated carbocycles. The van der Waals surface area contributed by atoms with E-state index in [1.807, 2.05) is 30.3 Å². The summed E-state index contributed by atoms with van der Waals surface area (Å²) < 4.78 is 16.0. The molecule has 2 aromatic carbocycles. The van der Waals surface area contributed by atoms with E-state index in [1.54, 1.807) is 21.3 Å². The van der Waals surface area contributed by atoms with Crippen LogP contribution in [0.2, 0.25) is 0 Å². The molecular formula is C16H19NO3. The zero-order chi connectivity index (χ0) is 14.4. The lowest BCUT2D eigenvalue weighted by atomic mass is 10.2. The van der Waals surface area contributed by atoms with E-state index in [0.29, 0.717) is 17.2 Å². The van der Waals surface area contributed by atoms with E-state index in [0.717, 1.165) is 12.2 Å². The average Bonchev–Trinajstić information content (AvgIpc) is 2.52. The maximum atomic E-state index is 5.33. The second kappa shape index (κ2) is 6.70. The summed E-state index contributed by atoms with van der Waals surface area (Å²) in [5.74, 6) is 1.88. The van der Waals surface area contributed by atoms with Gasteiger partial charge in [-0.2, -0.15) is 0 Å². The van der Waals surface area contributed by atoms with Crippen molar-refractivity contribution in [3.05, 3.63) is 48.0 Å². The van der Waals surface area contributed by atoms with Crippen LogP contribution < -0.4 is 19.5 Å². The number of nitrogens with one attached hydrogen (secondary N) is 1. The van der Waals surface area contributed by atoms with E-state index in [9.17, 15) is 0 Å². The molecule has 0 aliphatic rings. The molecule has 0 atom stereocenters. The van der Waals surface area contributed by atoms with Gasteiger partial charge in [0.05, 0.1) is 21.3 Å². The summed E-state index contributed by atoms with van der Waals surface area (Å²) in [7, 11) is 4.81. The molecule has 1 N–H and O–H groups in total. The van der Waals surface area contributed by atoms with Gasteiger partial charge in [0.25, 0.3) is 0 Å². The third-order valence-corrected chi connectivity index (χ3v) is 3.00. The molecule has 0 aliphatic heterocycles. The van der Waals surface area contributed by atoms with Crippen molar-refractivity contribution in [3.8, 4) is 17.2 Å². The second-order valence-electron chi connectivity index (χ2n) is 4.25. The minimum atomic E-state index is 0.597. The monoisotopic (exact) mass is 273 g/mol. The molecule has 20 heavy (non-hydrogen) atoms. The van der Waals surface area contributed by atoms with Crippen LogP contribution in [-0.2, 0) is 6.54 Å². The van der Waals surface area contributed by atoms with Crippen LogP contribution in [0.1, 0.15) is 5.56 Å². The van der Waals surface area contributed by atoms with Crippen LogP contribution in [-0.4, -0.2) is 21.3 Å². The maximum Gasteiger partial charge on any atom is 0.203 e. The molecule has 0 radical (unpaired) electrons. The van der Waals surface area contributed by atoms with Crippen LogP contribution in [0.3, 0.4) is 0 Å². The van der Waals surface area contributed by atoms with Gasteiger partial charge in [0.15, 0.2) is 11.5 Å².